The van der Waals surface area contributed by atoms with Gasteiger partial charge in [-0.05, 0) is 18.2 Å². The molecule has 0 saturated carbocycles. The van der Waals surface area contributed by atoms with Gasteiger partial charge in [-0.3, -0.25) is 9.59 Å². The van der Waals surface area contributed by atoms with Crippen LogP contribution in [0.5, 0.6) is 0 Å². The molecule has 0 aliphatic rings. The lowest BCUT2D eigenvalue weighted by Crippen LogP contribution is -2.29. The second-order valence-corrected chi connectivity index (χ2v) is 5.70. The Kier molecular flexibility index (Phi) is 3.53. The molecule has 0 spiro atoms. The molecule has 124 valence electrons. The maximum Gasteiger partial charge on any atom is 0.274 e. The number of hydrogen-bond acceptors (Lipinski definition) is 4. The topological polar surface area (TPSA) is 81.3 Å². The molecule has 0 atom stereocenters. The van der Waals surface area contributed by atoms with Crippen molar-refractivity contribution in [2.24, 2.45) is 7.05 Å². The average molecular weight is 333 g/mol. The zero-order chi connectivity index (χ0) is 17.4. The van der Waals surface area contributed by atoms with Gasteiger partial charge in [0.15, 0.2) is 5.69 Å². The zero-order valence-electron chi connectivity index (χ0n) is 13.5. The van der Waals surface area contributed by atoms with Crippen LogP contribution in [0.1, 0.15) is 16.2 Å². The predicted molar refractivity (Wildman–Crippen MR) is 93.3 cm³/mol. The number of aromatic nitrogens is 4. The molecule has 25 heavy (non-hydrogen) atoms. The molecule has 0 radical (unpaired) electrons. The summed E-state index contributed by atoms with van der Waals surface area (Å²) in [6.07, 6.45) is 3.76. The summed E-state index contributed by atoms with van der Waals surface area (Å²) >= 11 is 0. The fourth-order valence-corrected chi connectivity index (χ4v) is 2.79. The first-order valence-corrected chi connectivity index (χ1v) is 7.80. The van der Waals surface area contributed by atoms with Crippen LogP contribution < -0.4 is 10.9 Å². The van der Waals surface area contributed by atoms with Crippen molar-refractivity contribution in [1.82, 2.24) is 24.5 Å². The van der Waals surface area contributed by atoms with Gasteiger partial charge in [-0.1, -0.05) is 24.3 Å². The van der Waals surface area contributed by atoms with E-state index in [0.717, 1.165) is 11.3 Å². The number of pyridine rings is 1. The minimum atomic E-state index is -0.344. The molecule has 1 aromatic carbocycles. The lowest BCUT2D eigenvalue weighted by Gasteiger charge is -2.08. The number of rotatable bonds is 3. The molecule has 1 amide bonds. The molecule has 4 aromatic rings. The average Bonchev–Trinajstić information content (AvgIpc) is 3.06. The van der Waals surface area contributed by atoms with Crippen LogP contribution >= 0.6 is 0 Å². The van der Waals surface area contributed by atoms with Crippen LogP contribution in [0.15, 0.2) is 59.7 Å². The van der Waals surface area contributed by atoms with Crippen LogP contribution in [0.4, 0.5) is 0 Å². The second kappa shape index (κ2) is 5.86. The summed E-state index contributed by atoms with van der Waals surface area (Å²) in [5, 5.41) is 7.95. The predicted octanol–water partition coefficient (Wildman–Crippen LogP) is 1.51. The summed E-state index contributed by atoms with van der Waals surface area (Å²) < 4.78 is 3.07. The van der Waals surface area contributed by atoms with Gasteiger partial charge < -0.3 is 9.72 Å². The van der Waals surface area contributed by atoms with Crippen molar-refractivity contribution in [3.8, 4) is 0 Å². The highest BCUT2D eigenvalue weighted by molar-refractivity contribution is 6.04. The van der Waals surface area contributed by atoms with Crippen molar-refractivity contribution in [2.45, 2.75) is 6.54 Å². The van der Waals surface area contributed by atoms with E-state index in [1.165, 1.54) is 11.7 Å². The minimum absolute atomic E-state index is 0.224. The van der Waals surface area contributed by atoms with E-state index in [2.05, 4.69) is 15.4 Å². The third-order valence-electron chi connectivity index (χ3n) is 4.02. The molecule has 0 aliphatic carbocycles. The fraction of sp³-hybridized carbons (Fsp3) is 0.111. The minimum Gasteiger partial charge on any atom is -0.345 e. The van der Waals surface area contributed by atoms with E-state index in [1.54, 1.807) is 24.3 Å². The third-order valence-corrected chi connectivity index (χ3v) is 4.02. The lowest BCUT2D eigenvalue weighted by molar-refractivity contribution is 0.0945. The molecule has 0 saturated heterocycles. The second-order valence-electron chi connectivity index (χ2n) is 5.70. The van der Waals surface area contributed by atoms with Gasteiger partial charge in [0.1, 0.15) is 5.65 Å². The van der Waals surface area contributed by atoms with E-state index < -0.39 is 0 Å². The maximum absolute atomic E-state index is 12.6. The molecule has 7 heteroatoms. The van der Waals surface area contributed by atoms with Crippen LogP contribution in [0, 0.1) is 0 Å². The summed E-state index contributed by atoms with van der Waals surface area (Å²) in [5.41, 5.74) is 1.56. The highest BCUT2D eigenvalue weighted by Crippen LogP contribution is 2.13. The monoisotopic (exact) mass is 333 g/mol. The Labute approximate surface area is 142 Å². The number of amides is 1. The molecule has 3 aromatic heterocycles. The van der Waals surface area contributed by atoms with Crippen LogP contribution in [0.25, 0.3) is 16.4 Å². The number of benzene rings is 1. The van der Waals surface area contributed by atoms with Crippen LogP contribution in [0.2, 0.25) is 0 Å². The lowest BCUT2D eigenvalue weighted by atomic mass is 10.1. The van der Waals surface area contributed by atoms with Gasteiger partial charge in [0.05, 0.1) is 17.6 Å². The van der Waals surface area contributed by atoms with Crippen molar-refractivity contribution >= 4 is 22.3 Å². The first kappa shape index (κ1) is 15.1. The summed E-state index contributed by atoms with van der Waals surface area (Å²) in [6.45, 7) is 0.277. The van der Waals surface area contributed by atoms with E-state index in [0.29, 0.717) is 10.8 Å². The quantitative estimate of drug-likeness (QED) is 0.616. The Balaban J connectivity index is 1.64. The van der Waals surface area contributed by atoms with E-state index in [-0.39, 0.29) is 23.7 Å². The highest BCUT2D eigenvalue weighted by Gasteiger charge is 2.15. The standard InChI is InChI=1S/C18H15N5O2/c1-22-18(25)14-7-3-2-6-13(14)16(21-22)17(24)19-10-12-11-23-9-5-4-8-15(23)20-12/h2-9,11H,10H2,1H3,(H,19,24). The Hall–Kier alpha value is -3.48. The highest BCUT2D eigenvalue weighted by atomic mass is 16.2. The molecule has 0 aliphatic heterocycles. The smallest absolute Gasteiger partial charge is 0.274 e. The number of imidazole rings is 1. The van der Waals surface area contributed by atoms with Crippen molar-refractivity contribution in [2.75, 3.05) is 0 Å². The van der Waals surface area contributed by atoms with Crippen molar-refractivity contribution < 1.29 is 4.79 Å². The molecule has 3 heterocycles. The Bertz CT molecular complexity index is 1130. The van der Waals surface area contributed by atoms with Gasteiger partial charge in [-0.25, -0.2) is 9.67 Å². The van der Waals surface area contributed by atoms with Gasteiger partial charge in [-0.15, -0.1) is 0 Å². The third kappa shape index (κ3) is 2.65. The SMILES string of the molecule is Cn1nc(C(=O)NCc2cn3ccccc3n2)c2ccccc2c1=O. The molecule has 0 unspecified atom stereocenters. The summed E-state index contributed by atoms with van der Waals surface area (Å²) in [6, 6.07) is 12.7. The van der Waals surface area contributed by atoms with E-state index in [9.17, 15) is 9.59 Å². The summed E-state index contributed by atoms with van der Waals surface area (Å²) in [7, 11) is 1.54. The van der Waals surface area contributed by atoms with Gasteiger partial charge in [0.25, 0.3) is 11.5 Å². The Morgan fingerprint density at radius 2 is 1.88 bits per heavy atom. The molecular weight excluding hydrogens is 318 g/mol. The number of fused-ring (bicyclic) bond motifs is 2. The Morgan fingerprint density at radius 3 is 2.68 bits per heavy atom. The van der Waals surface area contributed by atoms with E-state index in [4.69, 9.17) is 0 Å². The van der Waals surface area contributed by atoms with Gasteiger partial charge in [0.2, 0.25) is 0 Å². The molecule has 1 N–H and O–H groups in total. The van der Waals surface area contributed by atoms with Crippen LogP contribution in [-0.4, -0.2) is 25.1 Å². The number of carbonyl (C=O) groups is 1. The zero-order valence-corrected chi connectivity index (χ0v) is 13.5. The molecule has 4 rings (SSSR count). The molecular formula is C18H15N5O2. The van der Waals surface area contributed by atoms with Gasteiger partial charge >= 0.3 is 0 Å². The number of hydrogen-bond donors (Lipinski definition) is 1. The van der Waals surface area contributed by atoms with E-state index >= 15 is 0 Å². The summed E-state index contributed by atoms with van der Waals surface area (Å²) in [4.78, 5) is 29.2. The van der Waals surface area contributed by atoms with Crippen molar-refractivity contribution in [3.05, 3.63) is 76.6 Å². The number of nitrogens with zero attached hydrogens (tertiary/aromatic N) is 4. The van der Waals surface area contributed by atoms with Crippen LogP contribution in [0.3, 0.4) is 0 Å². The van der Waals surface area contributed by atoms with Crippen LogP contribution in [-0.2, 0) is 13.6 Å². The summed E-state index contributed by atoms with van der Waals surface area (Å²) in [5.74, 6) is -0.344. The molecule has 0 fully saturated rings. The molecule has 0 bridgehead atoms. The number of carbonyl (C=O) groups excluding carboxylic acids is 1. The first-order chi connectivity index (χ1) is 12.1. The number of nitrogens with one attached hydrogen (secondary N) is 1. The van der Waals surface area contributed by atoms with Crippen molar-refractivity contribution in [1.29, 1.82) is 0 Å². The fourth-order valence-electron chi connectivity index (χ4n) is 2.79. The van der Waals surface area contributed by atoms with E-state index in [1.807, 2.05) is 35.0 Å². The normalized spacial score (nSPS) is 11.1. The van der Waals surface area contributed by atoms with Crippen molar-refractivity contribution in [3.63, 3.8) is 0 Å². The largest absolute Gasteiger partial charge is 0.345 e. The maximum atomic E-state index is 12.6. The number of aryl methyl sites for hydroxylation is 1. The van der Waals surface area contributed by atoms with Gasteiger partial charge in [-0.2, -0.15) is 5.10 Å². The molecule has 7 nitrogen and oxygen atoms in total. The first-order valence-electron chi connectivity index (χ1n) is 7.80. The Morgan fingerprint density at radius 1 is 1.12 bits per heavy atom. The van der Waals surface area contributed by atoms with Gasteiger partial charge in [0, 0.05) is 24.8 Å².